The van der Waals surface area contributed by atoms with E-state index in [0.717, 1.165) is 21.6 Å². The number of benzene rings is 1. The quantitative estimate of drug-likeness (QED) is 0.831. The zero-order valence-corrected chi connectivity index (χ0v) is 12.2. The monoisotopic (exact) mass is 326 g/mol. The molecular weight excluding hydrogens is 316 g/mol. The van der Waals surface area contributed by atoms with Crippen LogP contribution in [0.15, 0.2) is 16.6 Å². The number of rotatable bonds is 2. The number of carbonyl (C=O) groups is 1. The third-order valence-electron chi connectivity index (χ3n) is 2.46. The molecule has 1 aromatic heterocycles. The summed E-state index contributed by atoms with van der Waals surface area (Å²) in [5, 5.41) is 6.59. The molecule has 0 fully saturated rings. The molecule has 1 aromatic carbocycles. The van der Waals surface area contributed by atoms with Gasteiger partial charge in [-0.25, -0.2) is 0 Å². The highest BCUT2D eigenvalue weighted by Gasteiger charge is 2.15. The van der Waals surface area contributed by atoms with Crippen molar-refractivity contribution in [2.75, 3.05) is 11.1 Å². The fourth-order valence-electron chi connectivity index (χ4n) is 1.40. The highest BCUT2D eigenvalue weighted by molar-refractivity contribution is 9.10. The van der Waals surface area contributed by atoms with Crippen molar-refractivity contribution in [3.63, 3.8) is 0 Å². The Bertz CT molecular complexity index is 611. The summed E-state index contributed by atoms with van der Waals surface area (Å²) in [4.78, 5) is 12.5. The highest BCUT2D eigenvalue weighted by Crippen LogP contribution is 2.28. The smallest absolute Gasteiger partial charge is 0.269 e. The molecule has 0 saturated carbocycles. The summed E-state index contributed by atoms with van der Waals surface area (Å²) in [5.74, 6) is -0.230. The predicted octanol–water partition coefficient (Wildman–Crippen LogP) is 2.75. The Kier molecular flexibility index (Phi) is 3.63. The van der Waals surface area contributed by atoms with Crippen LogP contribution in [0.2, 0.25) is 0 Å². The van der Waals surface area contributed by atoms with Crippen LogP contribution in [0.5, 0.6) is 0 Å². The molecule has 7 heteroatoms. The van der Waals surface area contributed by atoms with Gasteiger partial charge in [0.2, 0.25) is 0 Å². The molecule has 0 unspecified atom stereocenters. The van der Waals surface area contributed by atoms with Crippen molar-refractivity contribution in [1.29, 1.82) is 0 Å². The molecule has 0 saturated heterocycles. The highest BCUT2D eigenvalue weighted by atomic mass is 79.9. The number of aromatic nitrogens is 2. The first-order valence-corrected chi connectivity index (χ1v) is 6.71. The number of anilines is 2. The maximum atomic E-state index is 12.0. The van der Waals surface area contributed by atoms with Crippen molar-refractivity contribution < 1.29 is 4.79 Å². The van der Waals surface area contributed by atoms with E-state index in [0.29, 0.717) is 21.9 Å². The molecule has 1 amide bonds. The van der Waals surface area contributed by atoms with E-state index in [1.807, 2.05) is 13.0 Å². The van der Waals surface area contributed by atoms with Gasteiger partial charge in [0.05, 0.1) is 11.4 Å². The fraction of sp³-hybridized carbons (Fsp3) is 0.182. The summed E-state index contributed by atoms with van der Waals surface area (Å²) in [6, 6.07) is 3.59. The number of halogens is 1. The van der Waals surface area contributed by atoms with Gasteiger partial charge in [0.25, 0.3) is 5.91 Å². The number of hydrogen-bond acceptors (Lipinski definition) is 5. The van der Waals surface area contributed by atoms with Crippen LogP contribution >= 0.6 is 27.5 Å². The van der Waals surface area contributed by atoms with Crippen molar-refractivity contribution in [2.45, 2.75) is 13.8 Å². The number of amides is 1. The minimum atomic E-state index is -0.230. The molecule has 0 spiro atoms. The lowest BCUT2D eigenvalue weighted by Gasteiger charge is -2.09. The topological polar surface area (TPSA) is 80.9 Å². The van der Waals surface area contributed by atoms with Crippen molar-refractivity contribution in [1.82, 2.24) is 9.59 Å². The van der Waals surface area contributed by atoms with E-state index in [1.54, 1.807) is 13.0 Å². The number of nitrogens with two attached hydrogens (primary N) is 1. The molecule has 2 aromatic rings. The lowest BCUT2D eigenvalue weighted by molar-refractivity contribution is 0.103. The number of aryl methyl sites for hydroxylation is 2. The van der Waals surface area contributed by atoms with Crippen LogP contribution in [0, 0.1) is 13.8 Å². The van der Waals surface area contributed by atoms with E-state index in [-0.39, 0.29) is 5.91 Å². The van der Waals surface area contributed by atoms with Gasteiger partial charge in [-0.3, -0.25) is 4.79 Å². The van der Waals surface area contributed by atoms with Gasteiger partial charge in [-0.2, -0.15) is 0 Å². The average Bonchev–Trinajstić information content (AvgIpc) is 2.72. The minimum Gasteiger partial charge on any atom is -0.398 e. The van der Waals surface area contributed by atoms with Crippen molar-refractivity contribution in [3.8, 4) is 0 Å². The summed E-state index contributed by atoms with van der Waals surface area (Å²) in [5.41, 5.74) is 8.66. The summed E-state index contributed by atoms with van der Waals surface area (Å²) in [7, 11) is 0. The zero-order chi connectivity index (χ0) is 13.3. The fourth-order valence-corrected chi connectivity index (χ4v) is 2.51. The van der Waals surface area contributed by atoms with Crippen LogP contribution in [0.1, 0.15) is 20.9 Å². The van der Waals surface area contributed by atoms with Crippen LogP contribution < -0.4 is 11.1 Å². The summed E-state index contributed by atoms with van der Waals surface area (Å²) in [6.45, 7) is 3.65. The van der Waals surface area contributed by atoms with Crippen LogP contribution in [-0.2, 0) is 0 Å². The molecule has 0 atom stereocenters. The second-order valence-corrected chi connectivity index (χ2v) is 5.44. The number of carbonyl (C=O) groups excluding carboxylic acids is 1. The van der Waals surface area contributed by atoms with Gasteiger partial charge in [0.1, 0.15) is 4.88 Å². The Labute approximate surface area is 117 Å². The Morgan fingerprint density at radius 3 is 2.78 bits per heavy atom. The Morgan fingerprint density at radius 2 is 2.17 bits per heavy atom. The van der Waals surface area contributed by atoms with E-state index in [2.05, 4.69) is 30.8 Å². The maximum absolute atomic E-state index is 12.0. The average molecular weight is 327 g/mol. The Balaban J connectivity index is 2.28. The maximum Gasteiger partial charge on any atom is 0.269 e. The number of nitrogens with one attached hydrogen (secondary N) is 1. The third-order valence-corrected chi connectivity index (χ3v) is 3.94. The van der Waals surface area contributed by atoms with E-state index < -0.39 is 0 Å². The SMILES string of the molecule is Cc1cc(Br)c(NC(=O)c2snnc2C)cc1N. The second kappa shape index (κ2) is 5.03. The first kappa shape index (κ1) is 13.0. The van der Waals surface area contributed by atoms with Gasteiger partial charge in [-0.15, -0.1) is 5.10 Å². The normalized spacial score (nSPS) is 10.4. The van der Waals surface area contributed by atoms with E-state index in [4.69, 9.17) is 5.73 Å². The van der Waals surface area contributed by atoms with Gasteiger partial charge in [0.15, 0.2) is 0 Å². The molecule has 18 heavy (non-hydrogen) atoms. The Morgan fingerprint density at radius 1 is 1.44 bits per heavy atom. The van der Waals surface area contributed by atoms with Gasteiger partial charge in [0, 0.05) is 10.2 Å². The van der Waals surface area contributed by atoms with E-state index in [9.17, 15) is 4.79 Å². The summed E-state index contributed by atoms with van der Waals surface area (Å²) < 4.78 is 4.52. The molecule has 94 valence electrons. The number of nitrogen functional groups attached to an aromatic ring is 1. The van der Waals surface area contributed by atoms with Crippen LogP contribution in [0.25, 0.3) is 0 Å². The second-order valence-electron chi connectivity index (χ2n) is 3.83. The minimum absolute atomic E-state index is 0.230. The molecule has 0 radical (unpaired) electrons. The molecule has 0 bridgehead atoms. The van der Waals surface area contributed by atoms with Crippen LogP contribution in [-0.4, -0.2) is 15.5 Å². The number of hydrogen-bond donors (Lipinski definition) is 2. The largest absolute Gasteiger partial charge is 0.398 e. The lowest BCUT2D eigenvalue weighted by atomic mass is 10.2. The predicted molar refractivity (Wildman–Crippen MR) is 75.9 cm³/mol. The van der Waals surface area contributed by atoms with Gasteiger partial charge in [-0.05, 0) is 59.0 Å². The standard InChI is InChI=1S/C11H11BrN4OS/c1-5-3-7(12)9(4-8(5)13)14-11(17)10-6(2)15-16-18-10/h3-4H,13H2,1-2H3,(H,14,17). The van der Waals surface area contributed by atoms with Gasteiger partial charge >= 0.3 is 0 Å². The Hall–Kier alpha value is -1.47. The number of nitrogens with zero attached hydrogens (tertiary/aromatic N) is 2. The van der Waals surface area contributed by atoms with Crippen LogP contribution in [0.4, 0.5) is 11.4 Å². The first-order valence-electron chi connectivity index (χ1n) is 5.15. The van der Waals surface area contributed by atoms with E-state index in [1.165, 1.54) is 0 Å². The van der Waals surface area contributed by atoms with Gasteiger partial charge < -0.3 is 11.1 Å². The third kappa shape index (κ3) is 2.51. The van der Waals surface area contributed by atoms with Crippen molar-refractivity contribution in [2.24, 2.45) is 0 Å². The molecule has 0 aliphatic heterocycles. The van der Waals surface area contributed by atoms with Crippen molar-refractivity contribution >= 4 is 44.7 Å². The van der Waals surface area contributed by atoms with Crippen molar-refractivity contribution in [3.05, 3.63) is 32.7 Å². The first-order chi connectivity index (χ1) is 8.49. The van der Waals surface area contributed by atoms with Crippen LogP contribution in [0.3, 0.4) is 0 Å². The molecule has 5 nitrogen and oxygen atoms in total. The molecule has 0 aliphatic rings. The molecule has 2 rings (SSSR count). The van der Waals surface area contributed by atoms with Gasteiger partial charge in [-0.1, -0.05) is 4.49 Å². The lowest BCUT2D eigenvalue weighted by Crippen LogP contribution is -2.12. The zero-order valence-electron chi connectivity index (χ0n) is 9.82. The molecule has 1 heterocycles. The van der Waals surface area contributed by atoms with E-state index >= 15 is 0 Å². The summed E-state index contributed by atoms with van der Waals surface area (Å²) in [6.07, 6.45) is 0. The summed E-state index contributed by atoms with van der Waals surface area (Å²) >= 11 is 4.46. The molecule has 0 aliphatic carbocycles. The molecular formula is C11H11BrN4OS. The molecule has 3 N–H and O–H groups in total.